The molecule has 1 saturated carbocycles. The van der Waals surface area contributed by atoms with Gasteiger partial charge in [-0.15, -0.1) is 0 Å². The Morgan fingerprint density at radius 3 is 2.47 bits per heavy atom. The van der Waals surface area contributed by atoms with Crippen LogP contribution in [0.3, 0.4) is 0 Å². The molecule has 7 heteroatoms. The Bertz CT molecular complexity index is 1370. The first-order valence-corrected chi connectivity index (χ1v) is 12.9. The van der Waals surface area contributed by atoms with E-state index in [0.29, 0.717) is 28.3 Å². The Morgan fingerprint density at radius 2 is 1.86 bits per heavy atom. The fourth-order valence-corrected chi connectivity index (χ4v) is 5.15. The first-order valence-electron chi connectivity index (χ1n) is 12.9. The van der Waals surface area contributed by atoms with E-state index in [9.17, 15) is 4.79 Å². The van der Waals surface area contributed by atoms with Gasteiger partial charge in [-0.05, 0) is 78.2 Å². The van der Waals surface area contributed by atoms with Crippen LogP contribution < -0.4 is 17.1 Å². The summed E-state index contributed by atoms with van der Waals surface area (Å²) in [7, 11) is 0. The molecule has 0 bridgehead atoms. The normalized spacial score (nSPS) is 18.8. The first kappa shape index (κ1) is 24.1. The molecule has 1 unspecified atom stereocenters. The lowest BCUT2D eigenvalue weighted by molar-refractivity contribution is 0.225. The van der Waals surface area contributed by atoms with Gasteiger partial charge in [0, 0.05) is 24.0 Å². The number of rotatable bonds is 6. The number of aromatic nitrogens is 3. The maximum atomic E-state index is 13.1. The number of hydrogen-bond donors (Lipinski definition) is 3. The summed E-state index contributed by atoms with van der Waals surface area (Å²) >= 11 is 0. The van der Waals surface area contributed by atoms with Gasteiger partial charge < -0.3 is 16.6 Å². The summed E-state index contributed by atoms with van der Waals surface area (Å²) in [6.45, 7) is 7.88. The highest BCUT2D eigenvalue weighted by Crippen LogP contribution is 2.40. The van der Waals surface area contributed by atoms with Crippen molar-refractivity contribution in [1.82, 2.24) is 14.8 Å². The Labute approximate surface area is 212 Å². The number of nitrogens with two attached hydrogens (primary N) is 2. The number of hydrogen-bond acceptors (Lipinski definition) is 4. The zero-order valence-electron chi connectivity index (χ0n) is 21.4. The number of benzene rings is 1. The van der Waals surface area contributed by atoms with Gasteiger partial charge in [0.1, 0.15) is 0 Å². The first-order chi connectivity index (χ1) is 17.2. The van der Waals surface area contributed by atoms with E-state index in [1.165, 1.54) is 30.4 Å². The van der Waals surface area contributed by atoms with Crippen molar-refractivity contribution >= 4 is 11.4 Å². The maximum absolute atomic E-state index is 13.1. The molecule has 2 aliphatic rings. The van der Waals surface area contributed by atoms with Crippen molar-refractivity contribution < 1.29 is 0 Å². The number of hydrazone groups is 1. The van der Waals surface area contributed by atoms with Gasteiger partial charge in [0.25, 0.3) is 5.56 Å². The van der Waals surface area contributed by atoms with Gasteiger partial charge in [0.2, 0.25) is 0 Å². The third kappa shape index (κ3) is 5.01. The lowest BCUT2D eigenvalue weighted by atomic mass is 9.72. The molecule has 0 radical (unpaired) electrons. The van der Waals surface area contributed by atoms with Crippen LogP contribution >= 0.6 is 0 Å². The minimum Gasteiger partial charge on any atom is -0.382 e. The number of nitrogens with one attached hydrogen (secondary N) is 1. The zero-order chi connectivity index (χ0) is 25.4. The second-order valence-corrected chi connectivity index (χ2v) is 11.3. The van der Waals surface area contributed by atoms with Crippen LogP contribution in [0.2, 0.25) is 0 Å². The smallest absolute Gasteiger partial charge is 0.260 e. The van der Waals surface area contributed by atoms with E-state index in [2.05, 4.69) is 61.2 Å². The molecule has 0 saturated heterocycles. The molecule has 0 amide bonds. The van der Waals surface area contributed by atoms with Crippen molar-refractivity contribution in [2.45, 2.75) is 59.4 Å². The third-order valence-corrected chi connectivity index (χ3v) is 7.69. The highest BCUT2D eigenvalue weighted by molar-refractivity contribution is 6.03. The van der Waals surface area contributed by atoms with Gasteiger partial charge in [-0.3, -0.25) is 9.48 Å². The average Bonchev–Trinajstić information content (AvgIpc) is 3.56. The van der Waals surface area contributed by atoms with Gasteiger partial charge in [0.05, 0.1) is 11.3 Å². The molecule has 36 heavy (non-hydrogen) atoms. The van der Waals surface area contributed by atoms with Crippen LogP contribution in [0.5, 0.6) is 0 Å². The largest absolute Gasteiger partial charge is 0.382 e. The molecule has 1 aromatic carbocycles. The van der Waals surface area contributed by atoms with Crippen LogP contribution in [-0.2, 0) is 6.54 Å². The van der Waals surface area contributed by atoms with Crippen LogP contribution in [0.1, 0.15) is 64.0 Å². The Kier molecular flexibility index (Phi) is 6.33. The van der Waals surface area contributed by atoms with Crippen molar-refractivity contribution in [3.8, 4) is 22.5 Å². The van der Waals surface area contributed by atoms with E-state index in [1.807, 2.05) is 23.0 Å². The zero-order valence-corrected chi connectivity index (χ0v) is 21.4. The molecule has 2 heterocycles. The van der Waals surface area contributed by atoms with Crippen LogP contribution in [0.15, 0.2) is 58.6 Å². The van der Waals surface area contributed by atoms with Crippen molar-refractivity contribution in [3.63, 3.8) is 0 Å². The van der Waals surface area contributed by atoms with Gasteiger partial charge in [-0.25, -0.2) is 0 Å². The van der Waals surface area contributed by atoms with Crippen LogP contribution in [0.4, 0.5) is 0 Å². The summed E-state index contributed by atoms with van der Waals surface area (Å²) in [4.78, 5) is 16.1. The van der Waals surface area contributed by atoms with Crippen molar-refractivity contribution in [1.29, 1.82) is 0 Å². The molecule has 2 aromatic heterocycles. The summed E-state index contributed by atoms with van der Waals surface area (Å²) in [5, 5.41) is 8.31. The van der Waals surface area contributed by atoms with E-state index in [-0.39, 0.29) is 17.0 Å². The summed E-state index contributed by atoms with van der Waals surface area (Å²) < 4.78 is 1.93. The molecule has 1 atom stereocenters. The monoisotopic (exact) mass is 484 g/mol. The quantitative estimate of drug-likeness (QED) is 0.195. The molecule has 5 rings (SSSR count). The number of H-pyrrole nitrogens is 1. The summed E-state index contributed by atoms with van der Waals surface area (Å²) in [5.74, 6) is 6.85. The van der Waals surface area contributed by atoms with Gasteiger partial charge in [0.15, 0.2) is 5.84 Å². The van der Waals surface area contributed by atoms with E-state index >= 15 is 0 Å². The molecule has 0 spiro atoms. The van der Waals surface area contributed by atoms with E-state index in [4.69, 9.17) is 16.7 Å². The fraction of sp³-hybridized carbons (Fsp3) is 0.414. The molecular weight excluding hydrogens is 448 g/mol. The topological polar surface area (TPSA) is 115 Å². The summed E-state index contributed by atoms with van der Waals surface area (Å²) in [6, 6.07) is 12.2. The highest BCUT2D eigenvalue weighted by atomic mass is 16.1. The van der Waals surface area contributed by atoms with Crippen LogP contribution in [0, 0.1) is 17.3 Å². The van der Waals surface area contributed by atoms with Gasteiger partial charge in [-0.1, -0.05) is 51.1 Å². The number of pyridine rings is 1. The molecule has 0 aliphatic heterocycles. The van der Waals surface area contributed by atoms with Gasteiger partial charge >= 0.3 is 0 Å². The van der Waals surface area contributed by atoms with E-state index < -0.39 is 0 Å². The molecule has 7 nitrogen and oxygen atoms in total. The summed E-state index contributed by atoms with van der Waals surface area (Å²) in [6.07, 6.45) is 10.3. The van der Waals surface area contributed by atoms with Crippen molar-refractivity contribution in [3.05, 3.63) is 70.2 Å². The summed E-state index contributed by atoms with van der Waals surface area (Å²) in [5.41, 5.74) is 11.9. The average molecular weight is 485 g/mol. The second-order valence-electron chi connectivity index (χ2n) is 11.3. The third-order valence-electron chi connectivity index (χ3n) is 7.69. The minimum absolute atomic E-state index is 0.0114. The van der Waals surface area contributed by atoms with Crippen molar-refractivity contribution in [2.75, 3.05) is 0 Å². The standard InChI is InChI=1S/C29H36N6O/c1-29(2,3)22-12-10-20(11-13-22)19-6-8-21(9-7-19)25-16-23(26(27(30)33-31)28(36)32-25)24-14-15-35(34-24)17-18-4-5-18/h6-10,14-16,18,22H,4-5,11-13,17,31H2,1-3H3,(H2,30,33)(H,32,36). The Morgan fingerprint density at radius 1 is 1.14 bits per heavy atom. The Hall–Kier alpha value is -3.61. The molecular formula is C29H36N6O. The Balaban J connectivity index is 1.46. The lowest BCUT2D eigenvalue weighted by Crippen LogP contribution is -2.27. The second kappa shape index (κ2) is 9.45. The molecule has 5 N–H and O–H groups in total. The fourth-order valence-electron chi connectivity index (χ4n) is 5.15. The van der Waals surface area contributed by atoms with Crippen LogP contribution in [-0.4, -0.2) is 20.6 Å². The minimum atomic E-state index is -0.335. The molecule has 1 fully saturated rings. The van der Waals surface area contributed by atoms with E-state index in [0.717, 1.165) is 30.9 Å². The number of amidine groups is 1. The lowest BCUT2D eigenvalue weighted by Gasteiger charge is -2.33. The molecule has 3 aromatic rings. The number of aromatic amines is 1. The SMILES string of the molecule is CC(C)(C)C1CC=C(c2ccc(-c3cc(-c4ccn(CC5CC5)n4)c(/C(N)=N/N)c(=O)[nH]3)cc2)CC1. The predicted molar refractivity (Wildman–Crippen MR) is 146 cm³/mol. The van der Waals surface area contributed by atoms with Gasteiger partial charge in [-0.2, -0.15) is 10.2 Å². The highest BCUT2D eigenvalue weighted by Gasteiger charge is 2.26. The predicted octanol–water partition coefficient (Wildman–Crippen LogP) is 5.12. The molecule has 2 aliphatic carbocycles. The van der Waals surface area contributed by atoms with Crippen molar-refractivity contribution in [2.24, 2.45) is 33.9 Å². The van der Waals surface area contributed by atoms with E-state index in [1.54, 1.807) is 0 Å². The molecule has 188 valence electrons. The number of nitrogens with zero attached hydrogens (tertiary/aromatic N) is 3. The number of allylic oxidation sites excluding steroid dienone is 2. The maximum Gasteiger partial charge on any atom is 0.260 e. The van der Waals surface area contributed by atoms with Crippen LogP contribution in [0.25, 0.3) is 28.1 Å².